The minimum Gasteiger partial charge on any atom is -0.870 e. The standard InChI is InChI=1S/C18H12ClN5O2.C16H8ClN5O2.Na.H2O/c1-2-26-18(25)15-10-24(23-16(15)7-21)9-11-3-12-5-14(19)8-22-17(12)13(4-11)6-20;17-12-3-10-1-9(2-11(4-18)15(10)20-6-12)7-22-8-13(16(23)24)14(5-19)21-22;;/h3-5,8,10H,2,9H2,1H3;1-3,6,8H,7H2,(H,23,24);;1H2/q;;+1;/p-1. The molecule has 0 radical (unpaired) electrons. The van der Waals surface area contributed by atoms with E-state index >= 15 is 0 Å². The molecular weight excluding hydrogens is 722 g/mol. The zero-order valence-corrected chi connectivity index (χ0v) is 30.8. The van der Waals surface area contributed by atoms with Crippen LogP contribution in [-0.4, -0.2) is 58.7 Å². The molecule has 0 fully saturated rings. The average molecular weight is 744 g/mol. The first kappa shape index (κ1) is 40.5. The van der Waals surface area contributed by atoms with Crippen LogP contribution in [0.25, 0.3) is 21.8 Å². The van der Waals surface area contributed by atoms with E-state index in [1.54, 1.807) is 43.3 Å². The number of carboxylic acids is 1. The Labute approximate surface area is 327 Å². The summed E-state index contributed by atoms with van der Waals surface area (Å²) in [6.45, 7) is 2.37. The molecule has 0 aliphatic rings. The number of aromatic carboxylic acids is 1. The molecule has 0 saturated carbocycles. The Kier molecular flexibility index (Phi) is 13.9. The number of rotatable bonds is 7. The minimum absolute atomic E-state index is 0. The van der Waals surface area contributed by atoms with Crippen molar-refractivity contribution < 1.29 is 54.5 Å². The number of nitrogens with zero attached hydrogens (tertiary/aromatic N) is 10. The molecule has 2 N–H and O–H groups in total. The number of carboxylic acid groups (broad SMARTS) is 1. The second kappa shape index (κ2) is 17.9. The normalized spacial score (nSPS) is 9.90. The summed E-state index contributed by atoms with van der Waals surface area (Å²) in [5, 5.41) is 56.2. The summed E-state index contributed by atoms with van der Waals surface area (Å²) >= 11 is 11.9. The van der Waals surface area contributed by atoms with Gasteiger partial charge in [-0.2, -0.15) is 31.2 Å². The molecule has 4 heterocycles. The second-order valence-electron chi connectivity index (χ2n) is 10.4. The number of carbonyl (C=O) groups is 2. The largest absolute Gasteiger partial charge is 1.00 e. The van der Waals surface area contributed by atoms with Crippen LogP contribution >= 0.6 is 23.2 Å². The summed E-state index contributed by atoms with van der Waals surface area (Å²) in [7, 11) is 0. The number of carbonyl (C=O) groups excluding carboxylic acids is 1. The van der Waals surface area contributed by atoms with Crippen LogP contribution < -0.4 is 29.6 Å². The van der Waals surface area contributed by atoms with Crippen LogP contribution in [0.2, 0.25) is 10.0 Å². The molecule has 18 heteroatoms. The van der Waals surface area contributed by atoms with Crippen LogP contribution in [0.5, 0.6) is 0 Å². The Balaban J connectivity index is 0.000000271. The summed E-state index contributed by atoms with van der Waals surface area (Å²) in [6.07, 6.45) is 5.70. The van der Waals surface area contributed by atoms with Crippen LogP contribution in [-0.2, 0) is 17.8 Å². The number of nitriles is 4. The third kappa shape index (κ3) is 9.07. The third-order valence-corrected chi connectivity index (χ3v) is 7.42. The molecule has 0 aliphatic carbocycles. The van der Waals surface area contributed by atoms with Crippen molar-refractivity contribution in [2.24, 2.45) is 0 Å². The van der Waals surface area contributed by atoms with Crippen molar-refractivity contribution in [1.82, 2.24) is 29.5 Å². The fourth-order valence-corrected chi connectivity index (χ4v) is 5.31. The number of fused-ring (bicyclic) bond motifs is 2. The number of ether oxygens (including phenoxy) is 1. The minimum atomic E-state index is -1.22. The van der Waals surface area contributed by atoms with Gasteiger partial charge in [0.05, 0.1) is 51.9 Å². The molecule has 6 rings (SSSR count). The molecule has 2 aromatic carbocycles. The van der Waals surface area contributed by atoms with Crippen molar-refractivity contribution in [2.75, 3.05) is 6.61 Å². The summed E-state index contributed by atoms with van der Waals surface area (Å²) < 4.78 is 7.74. The molecule has 4 aromatic heterocycles. The van der Waals surface area contributed by atoms with Gasteiger partial charge >= 0.3 is 41.5 Å². The molecule has 52 heavy (non-hydrogen) atoms. The van der Waals surface area contributed by atoms with Crippen molar-refractivity contribution in [2.45, 2.75) is 20.0 Å². The Morgan fingerprint density at radius 3 is 1.58 bits per heavy atom. The number of esters is 1. The van der Waals surface area contributed by atoms with Gasteiger partial charge in [0.25, 0.3) is 0 Å². The second-order valence-corrected chi connectivity index (χ2v) is 11.3. The summed E-state index contributed by atoms with van der Waals surface area (Å²) in [5.41, 5.74) is 3.15. The van der Waals surface area contributed by atoms with E-state index in [1.165, 1.54) is 34.2 Å². The van der Waals surface area contributed by atoms with Gasteiger partial charge < -0.3 is 15.3 Å². The van der Waals surface area contributed by atoms with Crippen molar-refractivity contribution in [3.8, 4) is 24.3 Å². The Hall–Kier alpha value is -5.88. The maximum atomic E-state index is 11.9. The van der Waals surface area contributed by atoms with Crippen LogP contribution in [0, 0.1) is 45.3 Å². The van der Waals surface area contributed by atoms with Gasteiger partial charge in [0.2, 0.25) is 0 Å². The predicted molar refractivity (Wildman–Crippen MR) is 180 cm³/mol. The molecular formula is C34H21Cl2N10NaO5. The van der Waals surface area contributed by atoms with E-state index in [4.69, 9.17) is 43.6 Å². The molecule has 0 saturated heterocycles. The van der Waals surface area contributed by atoms with Gasteiger partial charge in [0.1, 0.15) is 35.4 Å². The molecule has 0 unspecified atom stereocenters. The fourth-order valence-electron chi connectivity index (χ4n) is 4.98. The van der Waals surface area contributed by atoms with Gasteiger partial charge in [-0.3, -0.25) is 19.3 Å². The van der Waals surface area contributed by atoms with E-state index in [1.807, 2.05) is 12.1 Å². The third-order valence-electron chi connectivity index (χ3n) is 7.01. The predicted octanol–water partition coefficient (Wildman–Crippen LogP) is 2.45. The maximum Gasteiger partial charge on any atom is 1.00 e. The van der Waals surface area contributed by atoms with E-state index in [-0.39, 0.29) is 77.2 Å². The number of aromatic nitrogens is 6. The monoisotopic (exact) mass is 742 g/mol. The maximum absolute atomic E-state index is 11.9. The molecule has 0 aliphatic heterocycles. The molecule has 0 atom stereocenters. The van der Waals surface area contributed by atoms with Gasteiger partial charge in [-0.25, -0.2) is 9.59 Å². The first-order valence-electron chi connectivity index (χ1n) is 14.4. The van der Waals surface area contributed by atoms with E-state index < -0.39 is 11.9 Å². The molecule has 15 nitrogen and oxygen atoms in total. The van der Waals surface area contributed by atoms with Crippen molar-refractivity contribution >= 4 is 56.9 Å². The van der Waals surface area contributed by atoms with E-state index in [0.29, 0.717) is 43.2 Å². The fraction of sp³-hybridized carbons (Fsp3) is 0.118. The van der Waals surface area contributed by atoms with Crippen LogP contribution in [0.15, 0.2) is 61.2 Å². The number of hydrogen-bond donors (Lipinski definition) is 1. The molecule has 0 bridgehead atoms. The summed E-state index contributed by atoms with van der Waals surface area (Å²) in [6, 6.07) is 18.2. The molecule has 0 spiro atoms. The van der Waals surface area contributed by atoms with Gasteiger partial charge in [-0.15, -0.1) is 0 Å². The van der Waals surface area contributed by atoms with Crippen LogP contribution in [0.1, 0.15) is 61.3 Å². The van der Waals surface area contributed by atoms with Gasteiger partial charge in [-0.1, -0.05) is 23.2 Å². The first-order chi connectivity index (χ1) is 24.1. The molecule has 0 amide bonds. The van der Waals surface area contributed by atoms with Gasteiger partial charge in [-0.05, 0) is 54.4 Å². The van der Waals surface area contributed by atoms with Crippen LogP contribution in [0.3, 0.4) is 0 Å². The Morgan fingerprint density at radius 2 is 1.19 bits per heavy atom. The van der Waals surface area contributed by atoms with Gasteiger partial charge in [0, 0.05) is 35.6 Å². The quantitative estimate of drug-likeness (QED) is 0.182. The Morgan fingerprint density at radius 1 is 0.750 bits per heavy atom. The zero-order valence-electron chi connectivity index (χ0n) is 27.2. The first-order valence-corrected chi connectivity index (χ1v) is 15.1. The van der Waals surface area contributed by atoms with E-state index in [9.17, 15) is 20.1 Å². The SMILES string of the molecule is CCOC(=O)c1cn(Cc2cc(C#N)c3ncc(Cl)cc3c2)nc1C#N.N#Cc1nn(Cc2cc(C#N)c3ncc(Cl)cc3c2)cc1C(=O)O.[Na+].[OH-]. The van der Waals surface area contributed by atoms with Gasteiger partial charge in [0.15, 0.2) is 11.4 Å². The van der Waals surface area contributed by atoms with Crippen LogP contribution in [0.4, 0.5) is 0 Å². The zero-order chi connectivity index (χ0) is 35.9. The Bertz CT molecular complexity index is 2510. The smallest absolute Gasteiger partial charge is 0.870 e. The van der Waals surface area contributed by atoms with Crippen molar-refractivity contribution in [3.05, 3.63) is 116 Å². The molecule has 6 aromatic rings. The van der Waals surface area contributed by atoms with E-state index in [0.717, 1.165) is 10.9 Å². The average Bonchev–Trinajstić information content (AvgIpc) is 3.71. The number of benzene rings is 2. The number of pyridine rings is 2. The summed E-state index contributed by atoms with van der Waals surface area (Å²) in [4.78, 5) is 31.3. The number of halogens is 2. The van der Waals surface area contributed by atoms with Crippen molar-refractivity contribution in [3.63, 3.8) is 0 Å². The number of hydrogen-bond acceptors (Lipinski definition) is 12. The topological polar surface area (TPSA) is 250 Å². The molecule has 252 valence electrons. The van der Waals surface area contributed by atoms with E-state index in [2.05, 4.69) is 32.3 Å². The van der Waals surface area contributed by atoms with Crippen molar-refractivity contribution in [1.29, 1.82) is 21.0 Å². The summed E-state index contributed by atoms with van der Waals surface area (Å²) in [5.74, 6) is -1.81.